The second kappa shape index (κ2) is 20.0. The molecule has 0 spiro atoms. The molecule has 1 aromatic heterocycles. The van der Waals surface area contributed by atoms with Crippen LogP contribution < -0.4 is 9.64 Å². The number of anilines is 1. The zero-order chi connectivity index (χ0) is 37.9. The number of sulfone groups is 1. The van der Waals surface area contributed by atoms with E-state index in [4.69, 9.17) is 4.74 Å². The molecule has 4 heterocycles. The Labute approximate surface area is 328 Å². The summed E-state index contributed by atoms with van der Waals surface area (Å²) in [6.07, 6.45) is 20.3. The molecule has 0 bridgehead atoms. The Hall–Kier alpha value is -2.57. The number of unbranched alkanes of at least 4 members (excludes halogenated alkanes) is 9. The number of likely N-dealkylation sites (tertiary alicyclic amines) is 1. The summed E-state index contributed by atoms with van der Waals surface area (Å²) in [6, 6.07) is 13.6. The summed E-state index contributed by atoms with van der Waals surface area (Å²) < 4.78 is 47.5. The Kier molecular flexibility index (Phi) is 15.2. The van der Waals surface area contributed by atoms with Gasteiger partial charge in [0.25, 0.3) is 0 Å². The number of fused-ring (bicyclic) bond motifs is 1. The fourth-order valence-corrected chi connectivity index (χ4v) is 10.7. The molecule has 9 nitrogen and oxygen atoms in total. The minimum Gasteiger partial charge on any atom is -0.494 e. The summed E-state index contributed by atoms with van der Waals surface area (Å²) in [6.45, 7) is 11.3. The molecule has 11 heteroatoms. The van der Waals surface area contributed by atoms with Gasteiger partial charge in [-0.1, -0.05) is 64.7 Å². The Balaban J connectivity index is 1.09. The Morgan fingerprint density at radius 2 is 1.31 bits per heavy atom. The van der Waals surface area contributed by atoms with E-state index in [2.05, 4.69) is 38.6 Å². The first-order valence-electron chi connectivity index (χ1n) is 20.9. The van der Waals surface area contributed by atoms with Gasteiger partial charge in [-0.2, -0.15) is 0 Å². The first-order valence-corrected chi connectivity index (χ1v) is 23.9. The summed E-state index contributed by atoms with van der Waals surface area (Å²) in [5.41, 5.74) is 1.39. The van der Waals surface area contributed by atoms with Gasteiger partial charge >= 0.3 is 0 Å². The third-order valence-corrected chi connectivity index (χ3v) is 14.8. The van der Waals surface area contributed by atoms with Crippen molar-refractivity contribution in [2.45, 2.75) is 124 Å². The molecule has 298 valence electrons. The van der Waals surface area contributed by atoms with Crippen LogP contribution in [0.3, 0.4) is 0 Å². The highest BCUT2D eigenvalue weighted by atomic mass is 32.2. The van der Waals surface area contributed by atoms with Gasteiger partial charge in [-0.05, 0) is 94.7 Å². The van der Waals surface area contributed by atoms with E-state index in [9.17, 15) is 12.6 Å². The molecule has 54 heavy (non-hydrogen) atoms. The van der Waals surface area contributed by atoms with E-state index in [1.54, 1.807) is 30.5 Å². The summed E-state index contributed by atoms with van der Waals surface area (Å²) in [4.78, 5) is 15.8. The SMILES string of the molecule is CCCCCCCCCCCCOc1ccc(S(=O)(=O)c2cnc3ccc(S(C)=O)cc3c2N2CCC(N3CCC(N4CCN(C)CC4)CC3)CC2)cc1. The average molecular weight is 780 g/mol. The van der Waals surface area contributed by atoms with Crippen LogP contribution >= 0.6 is 0 Å². The van der Waals surface area contributed by atoms with Crippen LogP contribution in [0.25, 0.3) is 10.9 Å². The first kappa shape index (κ1) is 41.1. The van der Waals surface area contributed by atoms with Crippen LogP contribution in [0.4, 0.5) is 5.69 Å². The smallest absolute Gasteiger partial charge is 0.210 e. The lowest BCUT2D eigenvalue weighted by atomic mass is 9.96. The lowest BCUT2D eigenvalue weighted by Crippen LogP contribution is -2.54. The average Bonchev–Trinajstić information content (AvgIpc) is 3.20. The van der Waals surface area contributed by atoms with Gasteiger partial charge in [-0.15, -0.1) is 0 Å². The van der Waals surface area contributed by atoms with E-state index >= 15 is 0 Å². The fourth-order valence-electron chi connectivity index (χ4n) is 8.72. The molecule has 3 aliphatic rings. The number of aromatic nitrogens is 1. The molecule has 6 rings (SSSR count). The van der Waals surface area contributed by atoms with Crippen molar-refractivity contribution in [3.63, 3.8) is 0 Å². The number of ether oxygens (including phenoxy) is 1. The van der Waals surface area contributed by atoms with E-state index in [1.807, 2.05) is 18.2 Å². The molecule has 0 N–H and O–H groups in total. The number of rotatable bonds is 18. The van der Waals surface area contributed by atoms with E-state index < -0.39 is 20.6 Å². The van der Waals surface area contributed by atoms with Gasteiger partial charge in [-0.25, -0.2) is 8.42 Å². The normalized spacial score (nSPS) is 19.4. The maximum absolute atomic E-state index is 14.4. The first-order chi connectivity index (χ1) is 26.2. The highest BCUT2D eigenvalue weighted by molar-refractivity contribution is 7.91. The van der Waals surface area contributed by atoms with Crippen molar-refractivity contribution in [2.75, 3.05) is 77.2 Å². The fraction of sp³-hybridized carbons (Fsp3) is 0.651. The molecule has 3 fully saturated rings. The van der Waals surface area contributed by atoms with Crippen molar-refractivity contribution >= 4 is 37.2 Å². The van der Waals surface area contributed by atoms with Gasteiger partial charge in [0.15, 0.2) is 0 Å². The molecule has 0 radical (unpaired) electrons. The molecule has 1 atom stereocenters. The minimum absolute atomic E-state index is 0.208. The van der Waals surface area contributed by atoms with Crippen molar-refractivity contribution in [3.8, 4) is 5.75 Å². The van der Waals surface area contributed by atoms with Gasteiger partial charge in [0, 0.05) is 84.9 Å². The van der Waals surface area contributed by atoms with Crippen molar-refractivity contribution < 1.29 is 17.4 Å². The molecular weight excluding hydrogens is 715 g/mol. The third kappa shape index (κ3) is 10.6. The maximum atomic E-state index is 14.4. The maximum Gasteiger partial charge on any atom is 0.210 e. The number of hydrogen-bond donors (Lipinski definition) is 0. The Bertz CT molecular complexity index is 1750. The molecule has 0 saturated carbocycles. The molecule has 0 aliphatic carbocycles. The summed E-state index contributed by atoms with van der Waals surface area (Å²) in [7, 11) is -2.91. The molecule has 0 amide bonds. The van der Waals surface area contributed by atoms with Crippen molar-refractivity contribution in [1.82, 2.24) is 19.7 Å². The largest absolute Gasteiger partial charge is 0.494 e. The molecule has 3 aliphatic heterocycles. The molecule has 3 saturated heterocycles. The van der Waals surface area contributed by atoms with Crippen LogP contribution in [-0.4, -0.2) is 117 Å². The van der Waals surface area contributed by atoms with Gasteiger partial charge in [0.1, 0.15) is 10.6 Å². The van der Waals surface area contributed by atoms with Gasteiger partial charge < -0.3 is 19.4 Å². The highest BCUT2D eigenvalue weighted by Gasteiger charge is 2.34. The van der Waals surface area contributed by atoms with Crippen molar-refractivity contribution in [1.29, 1.82) is 0 Å². The number of piperazine rings is 1. The summed E-state index contributed by atoms with van der Waals surface area (Å²) >= 11 is 0. The molecule has 1 unspecified atom stereocenters. The minimum atomic E-state index is -3.91. The zero-order valence-electron chi connectivity index (χ0n) is 33.2. The topological polar surface area (TPSA) is 86.3 Å². The predicted octanol–water partition coefficient (Wildman–Crippen LogP) is 7.79. The third-order valence-electron chi connectivity index (χ3n) is 12.1. The van der Waals surface area contributed by atoms with E-state index in [1.165, 1.54) is 83.5 Å². The zero-order valence-corrected chi connectivity index (χ0v) is 34.9. The lowest BCUT2D eigenvalue weighted by Gasteiger charge is -2.46. The van der Waals surface area contributed by atoms with E-state index in [-0.39, 0.29) is 9.79 Å². The standard InChI is InChI=1S/C43H65N5O4S2/c1-4-5-6-7-8-9-10-11-12-13-32-52-37-14-17-39(18-15-37)54(50,51)42-34-44-41-19-16-38(53(3)49)33-40(41)43(42)48-26-22-35(23-27-48)46-24-20-36(21-25-46)47-30-28-45(2)29-31-47/h14-19,33-36H,4-13,20-32H2,1-3H3. The number of pyridine rings is 1. The quantitative estimate of drug-likeness (QED) is 0.120. The van der Waals surface area contributed by atoms with Crippen LogP contribution in [0.5, 0.6) is 5.75 Å². The van der Waals surface area contributed by atoms with Gasteiger partial charge in [0.2, 0.25) is 9.84 Å². The lowest BCUT2D eigenvalue weighted by molar-refractivity contribution is 0.0495. The van der Waals surface area contributed by atoms with Crippen LogP contribution in [0.2, 0.25) is 0 Å². The number of benzene rings is 2. The second-order valence-electron chi connectivity index (χ2n) is 15.9. The monoisotopic (exact) mass is 779 g/mol. The Morgan fingerprint density at radius 3 is 1.93 bits per heavy atom. The molecular formula is C43H65N5O4S2. The van der Waals surface area contributed by atoms with Gasteiger partial charge in [0.05, 0.1) is 22.7 Å². The number of nitrogens with zero attached hydrogens (tertiary/aromatic N) is 5. The van der Waals surface area contributed by atoms with E-state index in [0.717, 1.165) is 70.3 Å². The number of hydrogen-bond acceptors (Lipinski definition) is 9. The summed E-state index contributed by atoms with van der Waals surface area (Å²) in [5, 5.41) is 0.742. The van der Waals surface area contributed by atoms with Crippen molar-refractivity contribution in [2.24, 2.45) is 0 Å². The highest BCUT2D eigenvalue weighted by Crippen LogP contribution is 2.39. The van der Waals surface area contributed by atoms with Gasteiger partial charge in [-0.3, -0.25) is 14.1 Å². The van der Waals surface area contributed by atoms with E-state index in [0.29, 0.717) is 40.5 Å². The number of likely N-dealkylation sites (N-methyl/N-ethyl adjacent to an activating group) is 1. The Morgan fingerprint density at radius 1 is 0.741 bits per heavy atom. The van der Waals surface area contributed by atoms with Crippen molar-refractivity contribution in [3.05, 3.63) is 48.7 Å². The van der Waals surface area contributed by atoms with Crippen LogP contribution in [0, 0.1) is 0 Å². The van der Waals surface area contributed by atoms with Crippen LogP contribution in [0.15, 0.2) is 63.3 Å². The molecule has 2 aromatic carbocycles. The number of piperidine rings is 2. The second-order valence-corrected chi connectivity index (χ2v) is 19.2. The predicted molar refractivity (Wildman–Crippen MR) is 222 cm³/mol. The van der Waals surface area contributed by atoms with Crippen LogP contribution in [0.1, 0.15) is 96.8 Å². The summed E-state index contributed by atoms with van der Waals surface area (Å²) in [5.74, 6) is 0.687. The molecule has 3 aromatic rings. The van der Waals surface area contributed by atoms with Crippen LogP contribution in [-0.2, 0) is 20.6 Å².